The topological polar surface area (TPSA) is 45.6 Å². The summed E-state index contributed by atoms with van der Waals surface area (Å²) in [5, 5.41) is 0. The molecule has 4 rings (SSSR count). The molecule has 0 N–H and O–H groups in total. The lowest BCUT2D eigenvalue weighted by Crippen LogP contribution is -2.50. The van der Waals surface area contributed by atoms with Gasteiger partial charge >= 0.3 is 0 Å². The van der Waals surface area contributed by atoms with Crippen LogP contribution in [-0.4, -0.2) is 52.4 Å². The molecule has 0 spiro atoms. The number of amides is 2. The van der Waals surface area contributed by atoms with Crippen molar-refractivity contribution in [1.82, 2.24) is 14.4 Å². The van der Waals surface area contributed by atoms with Crippen molar-refractivity contribution < 1.29 is 14.0 Å². The van der Waals surface area contributed by atoms with Gasteiger partial charge in [-0.15, -0.1) is 0 Å². The second-order valence-corrected chi connectivity index (χ2v) is 7.19. The Hall–Kier alpha value is -3.41. The standard InChI is InChI=1S/C23H22FN3O2/c1-17-4-5-19(16-21(17)24)23(29)27-14-12-26(13-15-27)22(28)18-6-8-20(9-7-18)25-10-2-3-11-25/h2-11,16H,12-15H2,1H3. The molecule has 1 fully saturated rings. The van der Waals surface area contributed by atoms with Crippen LogP contribution in [-0.2, 0) is 0 Å². The first-order valence-corrected chi connectivity index (χ1v) is 9.61. The largest absolute Gasteiger partial charge is 0.335 e. The van der Waals surface area contributed by atoms with E-state index in [0.717, 1.165) is 5.69 Å². The molecule has 0 radical (unpaired) electrons. The molecule has 2 amide bonds. The van der Waals surface area contributed by atoms with Crippen molar-refractivity contribution in [3.05, 3.63) is 89.5 Å². The lowest BCUT2D eigenvalue weighted by Gasteiger charge is -2.35. The Bertz CT molecular complexity index is 1020. The van der Waals surface area contributed by atoms with E-state index in [0.29, 0.717) is 42.9 Å². The highest BCUT2D eigenvalue weighted by Crippen LogP contribution is 2.16. The third-order valence-electron chi connectivity index (χ3n) is 5.29. The number of carbonyl (C=O) groups excluding carboxylic acids is 2. The van der Waals surface area contributed by atoms with Crippen LogP contribution in [0.5, 0.6) is 0 Å². The van der Waals surface area contributed by atoms with Crippen molar-refractivity contribution in [2.24, 2.45) is 0 Å². The third kappa shape index (κ3) is 3.92. The summed E-state index contributed by atoms with van der Waals surface area (Å²) in [7, 11) is 0. The Morgan fingerprint density at radius 3 is 1.86 bits per heavy atom. The molecule has 0 unspecified atom stereocenters. The number of aromatic nitrogens is 1. The van der Waals surface area contributed by atoms with Crippen LogP contribution in [0.1, 0.15) is 26.3 Å². The van der Waals surface area contributed by atoms with E-state index in [-0.39, 0.29) is 17.6 Å². The number of carbonyl (C=O) groups is 2. The van der Waals surface area contributed by atoms with Crippen LogP contribution in [0.15, 0.2) is 67.0 Å². The first kappa shape index (κ1) is 18.9. The van der Waals surface area contributed by atoms with Gasteiger partial charge in [-0.05, 0) is 61.0 Å². The lowest BCUT2D eigenvalue weighted by atomic mass is 10.1. The second kappa shape index (κ2) is 7.91. The normalized spacial score (nSPS) is 14.1. The third-order valence-corrected chi connectivity index (χ3v) is 5.29. The highest BCUT2D eigenvalue weighted by molar-refractivity contribution is 5.96. The number of halogens is 1. The first-order chi connectivity index (χ1) is 14.0. The highest BCUT2D eigenvalue weighted by Gasteiger charge is 2.25. The molecule has 1 aromatic heterocycles. The van der Waals surface area contributed by atoms with Crippen molar-refractivity contribution >= 4 is 11.8 Å². The van der Waals surface area contributed by atoms with E-state index in [2.05, 4.69) is 0 Å². The molecular formula is C23H22FN3O2. The van der Waals surface area contributed by atoms with Gasteiger partial charge in [0, 0.05) is 55.4 Å². The maximum Gasteiger partial charge on any atom is 0.254 e. The average molecular weight is 391 g/mol. The molecule has 2 heterocycles. The predicted molar refractivity (Wildman–Crippen MR) is 109 cm³/mol. The Balaban J connectivity index is 1.38. The van der Waals surface area contributed by atoms with Crippen LogP contribution >= 0.6 is 0 Å². The molecule has 5 nitrogen and oxygen atoms in total. The fourth-order valence-corrected chi connectivity index (χ4v) is 3.49. The average Bonchev–Trinajstić information content (AvgIpc) is 3.30. The zero-order chi connectivity index (χ0) is 20.4. The molecule has 2 aromatic carbocycles. The van der Waals surface area contributed by atoms with Gasteiger partial charge in [0.25, 0.3) is 11.8 Å². The summed E-state index contributed by atoms with van der Waals surface area (Å²) in [5.41, 5.74) is 2.47. The predicted octanol–water partition coefficient (Wildman–Crippen LogP) is 3.52. The minimum atomic E-state index is -0.381. The summed E-state index contributed by atoms with van der Waals surface area (Å²) in [6.07, 6.45) is 3.90. The fraction of sp³-hybridized carbons (Fsp3) is 0.217. The van der Waals surface area contributed by atoms with Crippen LogP contribution in [0.2, 0.25) is 0 Å². The summed E-state index contributed by atoms with van der Waals surface area (Å²) in [6.45, 7) is 3.44. The molecule has 0 saturated carbocycles. The molecule has 0 atom stereocenters. The van der Waals surface area contributed by atoms with Gasteiger partial charge in [0.1, 0.15) is 5.82 Å². The van der Waals surface area contributed by atoms with Crippen molar-refractivity contribution in [2.45, 2.75) is 6.92 Å². The van der Waals surface area contributed by atoms with Crippen LogP contribution in [0, 0.1) is 12.7 Å². The molecule has 0 aliphatic carbocycles. The quantitative estimate of drug-likeness (QED) is 0.686. The summed E-state index contributed by atoms with van der Waals surface area (Å²) in [4.78, 5) is 28.8. The Morgan fingerprint density at radius 1 is 0.793 bits per heavy atom. The van der Waals surface area contributed by atoms with Gasteiger partial charge in [-0.2, -0.15) is 0 Å². The maximum absolute atomic E-state index is 13.8. The number of benzene rings is 2. The van der Waals surface area contributed by atoms with E-state index in [9.17, 15) is 14.0 Å². The molecule has 3 aromatic rings. The van der Waals surface area contributed by atoms with Gasteiger partial charge in [-0.3, -0.25) is 9.59 Å². The van der Waals surface area contributed by atoms with Crippen molar-refractivity contribution in [1.29, 1.82) is 0 Å². The lowest BCUT2D eigenvalue weighted by molar-refractivity contribution is 0.0535. The number of rotatable bonds is 3. The van der Waals surface area contributed by atoms with Gasteiger partial charge in [0.15, 0.2) is 0 Å². The molecule has 29 heavy (non-hydrogen) atoms. The Labute approximate surface area is 169 Å². The number of nitrogens with zero attached hydrogens (tertiary/aromatic N) is 3. The second-order valence-electron chi connectivity index (χ2n) is 7.19. The van der Waals surface area contributed by atoms with Crippen LogP contribution in [0.4, 0.5) is 4.39 Å². The Morgan fingerprint density at radius 2 is 1.31 bits per heavy atom. The molecule has 1 aliphatic heterocycles. The zero-order valence-electron chi connectivity index (χ0n) is 16.2. The monoisotopic (exact) mass is 391 g/mol. The summed E-state index contributed by atoms with van der Waals surface area (Å²) in [5.74, 6) is -0.627. The van der Waals surface area contributed by atoms with Crippen LogP contribution < -0.4 is 0 Å². The van der Waals surface area contributed by atoms with Crippen molar-refractivity contribution in [3.8, 4) is 5.69 Å². The molecule has 1 saturated heterocycles. The molecular weight excluding hydrogens is 369 g/mol. The minimum absolute atomic E-state index is 0.0439. The first-order valence-electron chi connectivity index (χ1n) is 9.61. The van der Waals surface area contributed by atoms with E-state index in [1.54, 1.807) is 28.9 Å². The summed E-state index contributed by atoms with van der Waals surface area (Å²) < 4.78 is 15.7. The highest BCUT2D eigenvalue weighted by atomic mass is 19.1. The molecule has 6 heteroatoms. The Kier molecular flexibility index (Phi) is 5.16. The van der Waals surface area contributed by atoms with E-state index in [1.165, 1.54) is 6.07 Å². The maximum atomic E-state index is 13.8. The van der Waals surface area contributed by atoms with Crippen LogP contribution in [0.25, 0.3) is 5.69 Å². The van der Waals surface area contributed by atoms with Gasteiger partial charge in [0.05, 0.1) is 0 Å². The zero-order valence-corrected chi connectivity index (χ0v) is 16.2. The van der Waals surface area contributed by atoms with Gasteiger partial charge in [-0.1, -0.05) is 6.07 Å². The number of aryl methyl sites for hydroxylation is 1. The van der Waals surface area contributed by atoms with E-state index < -0.39 is 0 Å². The smallest absolute Gasteiger partial charge is 0.254 e. The summed E-state index contributed by atoms with van der Waals surface area (Å²) >= 11 is 0. The van der Waals surface area contributed by atoms with Gasteiger partial charge < -0.3 is 14.4 Å². The SMILES string of the molecule is Cc1ccc(C(=O)N2CCN(C(=O)c3ccc(-n4cccc4)cc3)CC2)cc1F. The number of hydrogen-bond donors (Lipinski definition) is 0. The number of hydrogen-bond acceptors (Lipinski definition) is 2. The molecule has 0 bridgehead atoms. The van der Waals surface area contributed by atoms with Crippen molar-refractivity contribution in [3.63, 3.8) is 0 Å². The van der Waals surface area contributed by atoms with Crippen molar-refractivity contribution in [2.75, 3.05) is 26.2 Å². The minimum Gasteiger partial charge on any atom is -0.335 e. The van der Waals surface area contributed by atoms with Gasteiger partial charge in [-0.25, -0.2) is 4.39 Å². The fourth-order valence-electron chi connectivity index (χ4n) is 3.49. The number of piperazine rings is 1. The molecule has 148 valence electrons. The van der Waals surface area contributed by atoms with E-state index in [1.807, 2.05) is 53.4 Å². The van der Waals surface area contributed by atoms with Gasteiger partial charge in [0.2, 0.25) is 0 Å². The summed E-state index contributed by atoms with van der Waals surface area (Å²) in [6, 6.07) is 15.9. The van der Waals surface area contributed by atoms with Crippen LogP contribution in [0.3, 0.4) is 0 Å². The van der Waals surface area contributed by atoms with E-state index in [4.69, 9.17) is 0 Å². The molecule has 1 aliphatic rings. The van der Waals surface area contributed by atoms with E-state index >= 15 is 0 Å².